The predicted octanol–water partition coefficient (Wildman–Crippen LogP) is 2.44. The third kappa shape index (κ3) is 43.6. The van der Waals surface area contributed by atoms with E-state index in [0.29, 0.717) is 0 Å². The van der Waals surface area contributed by atoms with Gasteiger partial charge in [-0.15, -0.1) is 0 Å². The van der Waals surface area contributed by atoms with E-state index in [9.17, 15) is 0 Å². The molecule has 0 aliphatic rings. The van der Waals surface area contributed by atoms with Gasteiger partial charge >= 0.3 is 0 Å². The van der Waals surface area contributed by atoms with Gasteiger partial charge in [-0.25, -0.2) is 0 Å². The van der Waals surface area contributed by atoms with E-state index < -0.39 is 0 Å². The maximum Gasteiger partial charge on any atom is 0 e. The van der Waals surface area contributed by atoms with E-state index in [-0.39, 0.29) is 158 Å². The van der Waals surface area contributed by atoms with Crippen molar-refractivity contribution < 1.29 is 151 Å². The Morgan fingerprint density at radius 2 is 0.778 bits per heavy atom. The molecule has 0 aliphatic heterocycles. The molecule has 0 amide bonds. The summed E-state index contributed by atoms with van der Waals surface area (Å²) >= 11 is 0. The molecule has 0 spiro atoms. The fourth-order valence-corrected chi connectivity index (χ4v) is 0. The molecule has 0 aromatic carbocycles. The molecule has 0 N–H and O–H groups in total. The van der Waals surface area contributed by atoms with Gasteiger partial charge in [0.25, 0.3) is 0 Å². The van der Waals surface area contributed by atoms with E-state index in [0.717, 1.165) is 0 Å². The van der Waals surface area contributed by atoms with Gasteiger partial charge in [-0.3, -0.25) is 0 Å². The molecule has 4 heteroatoms. The predicted molar refractivity (Wildman–Crippen MR) is 27.3 cm³/mol. The second kappa shape index (κ2) is 38.1. The van der Waals surface area contributed by atoms with Crippen LogP contribution in [-0.4, -0.2) is 0 Å². The van der Waals surface area contributed by atoms with Crippen LogP contribution in [0.5, 0.6) is 0 Å². The zero-order chi connectivity index (χ0) is 3.41. The van der Waals surface area contributed by atoms with Crippen LogP contribution in [0.15, 0.2) is 0 Å². The molecule has 0 aromatic rings. The van der Waals surface area contributed by atoms with Gasteiger partial charge in [-0.1, -0.05) is 34.1 Å². The van der Waals surface area contributed by atoms with E-state index >= 15 is 0 Å². The first-order valence-electron chi connectivity index (χ1n) is 1.91. The minimum absolute atomic E-state index is 0. The van der Waals surface area contributed by atoms with E-state index in [1.54, 1.807) is 0 Å². The number of rotatable bonds is 1. The molecular formula is C5H14Ar4. The summed E-state index contributed by atoms with van der Waals surface area (Å²) in [6.45, 7) is 4.36. The molecule has 0 bridgehead atoms. The molecule has 0 unspecified atom stereocenters. The molecular weight excluding hydrogens is 220 g/mol. The van der Waals surface area contributed by atoms with Crippen LogP contribution in [0.4, 0.5) is 0 Å². The summed E-state index contributed by atoms with van der Waals surface area (Å²) in [6.07, 6.45) is 2.64. The molecule has 0 aromatic heterocycles. The second-order valence-electron chi connectivity index (χ2n) is 1.000. The van der Waals surface area contributed by atoms with Crippen molar-refractivity contribution in [1.29, 1.82) is 0 Å². The van der Waals surface area contributed by atoms with Crippen LogP contribution in [0.2, 0.25) is 0 Å². The normalized spacial score (nSPS) is 3.33. The van der Waals surface area contributed by atoms with Gasteiger partial charge < -0.3 is 0 Å². The molecule has 66 valence electrons. The van der Waals surface area contributed by atoms with Gasteiger partial charge in [0.1, 0.15) is 0 Å². The Morgan fingerprint density at radius 1 is 0.667 bits per heavy atom. The van der Waals surface area contributed by atoms with Crippen molar-refractivity contribution in [2.24, 2.45) is 0 Å². The molecule has 0 heterocycles. The van der Waals surface area contributed by atoms with E-state index in [1.807, 2.05) is 0 Å². The van der Waals surface area contributed by atoms with Crippen molar-refractivity contribution >= 4 is 0 Å². The molecule has 0 rings (SSSR count). The van der Waals surface area contributed by atoms with Crippen molar-refractivity contribution in [2.75, 3.05) is 0 Å². The first-order chi connectivity index (χ1) is 1.91. The minimum atomic E-state index is 0. The molecule has 0 aliphatic carbocycles. The van der Waals surface area contributed by atoms with Gasteiger partial charge in [0.05, 0.1) is 0 Å². The fraction of sp³-hybridized carbons (Fsp3) is 1.00. The van der Waals surface area contributed by atoms with E-state index in [4.69, 9.17) is 0 Å². The molecule has 0 atom stereocenters. The average Bonchev–Trinajstić information content (AvgIpc) is 1.37. The standard InChI is InChI=1S/C4H10.CH4.4Ar/c1-3-4-2;;;;;/h3-4H2,1-2H3;1H4;;;;. The third-order valence-electron chi connectivity index (χ3n) is 0.500. The molecule has 0 radical (unpaired) electrons. The maximum atomic E-state index is 2.18. The average molecular weight is 234 g/mol. The fourth-order valence-electron chi connectivity index (χ4n) is 0. The smallest absolute Gasteiger partial charge is 0 e. The number of unbranched alkanes of at least 4 members (excludes halogenated alkanes) is 1. The molecule has 9 heavy (non-hydrogen) atoms. The van der Waals surface area contributed by atoms with Gasteiger partial charge in [0.15, 0.2) is 0 Å². The van der Waals surface area contributed by atoms with Crippen LogP contribution < -0.4 is 0 Å². The van der Waals surface area contributed by atoms with Crippen molar-refractivity contribution in [3.63, 3.8) is 0 Å². The van der Waals surface area contributed by atoms with Crippen molar-refractivity contribution in [2.45, 2.75) is 34.1 Å². The quantitative estimate of drug-likeness (QED) is 0.653. The van der Waals surface area contributed by atoms with Crippen LogP contribution in [0.1, 0.15) is 34.1 Å². The van der Waals surface area contributed by atoms with E-state index in [1.165, 1.54) is 12.8 Å². The number of hydrogen-bond donors (Lipinski definition) is 0. The van der Waals surface area contributed by atoms with E-state index in [2.05, 4.69) is 13.8 Å². The van der Waals surface area contributed by atoms with Gasteiger partial charge in [-0.2, -0.15) is 0 Å². The van der Waals surface area contributed by atoms with Crippen LogP contribution in [-0.2, 0) is 0 Å². The maximum absolute atomic E-state index is 2.18. The van der Waals surface area contributed by atoms with Crippen LogP contribution in [0, 0.1) is 151 Å². The summed E-state index contributed by atoms with van der Waals surface area (Å²) in [7, 11) is 0. The minimum Gasteiger partial charge on any atom is -0.0776 e. The summed E-state index contributed by atoms with van der Waals surface area (Å²) in [4.78, 5) is 0. The summed E-state index contributed by atoms with van der Waals surface area (Å²) in [5.74, 6) is 0. The Hall–Kier alpha value is 5.04. The van der Waals surface area contributed by atoms with Crippen LogP contribution in [0.3, 0.4) is 0 Å². The van der Waals surface area contributed by atoms with Crippen molar-refractivity contribution in [3.05, 3.63) is 0 Å². The number of hydrogen-bond acceptors (Lipinski definition) is 0. The SMILES string of the molecule is C.CCCC.[Ar].[Ar].[Ar].[Ar]. The van der Waals surface area contributed by atoms with Gasteiger partial charge in [0.2, 0.25) is 0 Å². The Bertz CT molecular complexity index is 10.9. The topological polar surface area (TPSA) is 0 Å². The van der Waals surface area contributed by atoms with Crippen molar-refractivity contribution in [3.8, 4) is 0 Å². The first kappa shape index (κ1) is 36.9. The van der Waals surface area contributed by atoms with Gasteiger partial charge in [0, 0.05) is 151 Å². The third-order valence-corrected chi connectivity index (χ3v) is 0.500. The van der Waals surface area contributed by atoms with Gasteiger partial charge in [-0.05, 0) is 0 Å². The molecule has 0 fully saturated rings. The Labute approximate surface area is 180 Å². The zero-order valence-corrected chi connectivity index (χ0v) is 7.66. The summed E-state index contributed by atoms with van der Waals surface area (Å²) in [5.41, 5.74) is 0. The first-order valence-corrected chi connectivity index (χ1v) is 1.91. The molecule has 0 nitrogen and oxygen atoms in total. The Morgan fingerprint density at radius 3 is 0.778 bits per heavy atom. The van der Waals surface area contributed by atoms with Crippen LogP contribution >= 0.6 is 0 Å². The Kier molecular flexibility index (Phi) is 157. The van der Waals surface area contributed by atoms with Crippen molar-refractivity contribution in [1.82, 2.24) is 0 Å². The largest absolute Gasteiger partial charge is 0.0776 e. The molecule has 0 saturated carbocycles. The monoisotopic (exact) mass is 234 g/mol. The second-order valence-corrected chi connectivity index (χ2v) is 1.000. The zero-order valence-electron chi connectivity index (χ0n) is 4.83. The summed E-state index contributed by atoms with van der Waals surface area (Å²) in [5, 5.41) is 0. The summed E-state index contributed by atoms with van der Waals surface area (Å²) in [6, 6.07) is 0. The van der Waals surface area contributed by atoms with Crippen LogP contribution in [0.25, 0.3) is 0 Å². The summed E-state index contributed by atoms with van der Waals surface area (Å²) < 4.78 is 0. The molecule has 0 saturated heterocycles. The Balaban J connectivity index is -0.00000000450.